The number of nitro benzene ring substituents is 1. The third kappa shape index (κ3) is 5.36. The van der Waals surface area contributed by atoms with Crippen LogP contribution in [-0.2, 0) is 4.79 Å². The first-order valence-electron chi connectivity index (χ1n) is 7.71. The Hall–Kier alpha value is -2.44. The highest BCUT2D eigenvalue weighted by molar-refractivity contribution is 5.97. The molecule has 0 radical (unpaired) electrons. The van der Waals surface area contributed by atoms with Crippen LogP contribution in [0.2, 0.25) is 0 Å². The van der Waals surface area contributed by atoms with Crippen LogP contribution < -0.4 is 5.32 Å². The number of nitrogens with one attached hydrogen (secondary N) is 1. The fourth-order valence-electron chi connectivity index (χ4n) is 2.13. The number of nitrogens with zero attached hydrogens (tertiary/aromatic N) is 2. The fourth-order valence-corrected chi connectivity index (χ4v) is 2.13. The molecule has 0 fully saturated rings. The molecule has 1 aromatic carbocycles. The van der Waals surface area contributed by atoms with Crippen LogP contribution in [0.5, 0.6) is 0 Å². The maximum absolute atomic E-state index is 12.1. The van der Waals surface area contributed by atoms with Crippen molar-refractivity contribution in [2.75, 3.05) is 19.6 Å². The van der Waals surface area contributed by atoms with E-state index in [2.05, 4.69) is 5.32 Å². The zero-order valence-electron chi connectivity index (χ0n) is 13.8. The van der Waals surface area contributed by atoms with E-state index >= 15 is 0 Å². The summed E-state index contributed by atoms with van der Waals surface area (Å²) in [7, 11) is 0. The molecule has 7 heteroatoms. The highest BCUT2D eigenvalue weighted by atomic mass is 16.6. The van der Waals surface area contributed by atoms with Crippen molar-refractivity contribution in [2.45, 2.75) is 33.6 Å². The van der Waals surface area contributed by atoms with Gasteiger partial charge in [-0.2, -0.15) is 0 Å². The van der Waals surface area contributed by atoms with Crippen molar-refractivity contribution in [3.8, 4) is 0 Å². The molecule has 2 amide bonds. The topological polar surface area (TPSA) is 92.6 Å². The molecule has 1 rings (SSSR count). The van der Waals surface area contributed by atoms with Gasteiger partial charge in [-0.25, -0.2) is 0 Å². The van der Waals surface area contributed by atoms with E-state index in [1.165, 1.54) is 18.2 Å². The Balaban J connectivity index is 2.68. The molecule has 1 aromatic rings. The zero-order chi connectivity index (χ0) is 17.4. The van der Waals surface area contributed by atoms with Gasteiger partial charge in [0.05, 0.1) is 11.5 Å². The monoisotopic (exact) mass is 321 g/mol. The number of aryl methyl sites for hydroxylation is 1. The number of hydrogen-bond acceptors (Lipinski definition) is 4. The van der Waals surface area contributed by atoms with Gasteiger partial charge in [-0.05, 0) is 26.3 Å². The van der Waals surface area contributed by atoms with Crippen molar-refractivity contribution in [3.63, 3.8) is 0 Å². The lowest BCUT2D eigenvalue weighted by atomic mass is 10.1. The molecule has 23 heavy (non-hydrogen) atoms. The molecule has 0 atom stereocenters. The summed E-state index contributed by atoms with van der Waals surface area (Å²) >= 11 is 0. The minimum absolute atomic E-state index is 0.109. The fraction of sp³-hybridized carbons (Fsp3) is 0.500. The lowest BCUT2D eigenvalue weighted by Gasteiger charge is -2.20. The summed E-state index contributed by atoms with van der Waals surface area (Å²) in [5, 5.41) is 13.4. The molecule has 0 aliphatic rings. The lowest BCUT2D eigenvalue weighted by molar-refractivity contribution is -0.385. The first-order chi connectivity index (χ1) is 10.9. The van der Waals surface area contributed by atoms with Crippen LogP contribution in [0.25, 0.3) is 0 Å². The Bertz CT molecular complexity index is 587. The van der Waals surface area contributed by atoms with Gasteiger partial charge in [0.1, 0.15) is 0 Å². The average molecular weight is 321 g/mol. The molecule has 7 nitrogen and oxygen atoms in total. The minimum atomic E-state index is -0.527. The minimum Gasteiger partial charge on any atom is -0.343 e. The van der Waals surface area contributed by atoms with E-state index in [0.717, 1.165) is 12.8 Å². The Kier molecular flexibility index (Phi) is 7.18. The van der Waals surface area contributed by atoms with E-state index < -0.39 is 10.8 Å². The maximum Gasteiger partial charge on any atom is 0.273 e. The summed E-state index contributed by atoms with van der Waals surface area (Å²) in [4.78, 5) is 36.2. The second-order valence-electron chi connectivity index (χ2n) is 5.27. The molecular formula is C16H23N3O4. The third-order valence-electron chi connectivity index (χ3n) is 3.58. The number of carbonyl (C=O) groups excluding carboxylic acids is 2. The van der Waals surface area contributed by atoms with E-state index in [9.17, 15) is 19.7 Å². The smallest absolute Gasteiger partial charge is 0.273 e. The third-order valence-corrected chi connectivity index (χ3v) is 3.58. The molecule has 126 valence electrons. The Morgan fingerprint density at radius 1 is 1.30 bits per heavy atom. The van der Waals surface area contributed by atoms with Crippen LogP contribution in [0, 0.1) is 17.0 Å². The van der Waals surface area contributed by atoms with Gasteiger partial charge in [0.2, 0.25) is 5.91 Å². The Morgan fingerprint density at radius 3 is 2.57 bits per heavy atom. The number of rotatable bonds is 8. The largest absolute Gasteiger partial charge is 0.343 e. The molecule has 0 unspecified atom stereocenters. The van der Waals surface area contributed by atoms with Gasteiger partial charge in [-0.15, -0.1) is 0 Å². The molecule has 0 saturated heterocycles. The van der Waals surface area contributed by atoms with Gasteiger partial charge < -0.3 is 10.2 Å². The van der Waals surface area contributed by atoms with Gasteiger partial charge in [0.25, 0.3) is 11.6 Å². The Labute approximate surface area is 135 Å². The summed E-state index contributed by atoms with van der Waals surface area (Å²) in [6.45, 7) is 6.68. The van der Waals surface area contributed by atoms with E-state index in [4.69, 9.17) is 0 Å². The molecule has 0 bridgehead atoms. The second-order valence-corrected chi connectivity index (χ2v) is 5.27. The first kappa shape index (κ1) is 18.6. The molecule has 0 aromatic heterocycles. The SMILES string of the molecule is CCCCN(CC)C(=O)CNC(=O)c1ccc(C)c([N+](=O)[O-])c1. The van der Waals surface area contributed by atoms with Crippen LogP contribution in [0.3, 0.4) is 0 Å². The number of likely N-dealkylation sites (N-methyl/N-ethyl adjacent to an activating group) is 1. The van der Waals surface area contributed by atoms with Crippen molar-refractivity contribution in [3.05, 3.63) is 39.4 Å². The number of amides is 2. The first-order valence-corrected chi connectivity index (χ1v) is 7.71. The van der Waals surface area contributed by atoms with E-state index in [1.807, 2.05) is 13.8 Å². The number of hydrogen-bond donors (Lipinski definition) is 1. The predicted molar refractivity (Wildman–Crippen MR) is 87.3 cm³/mol. The maximum atomic E-state index is 12.1. The summed E-state index contributed by atoms with van der Waals surface area (Å²) in [5.74, 6) is -0.649. The normalized spacial score (nSPS) is 10.2. The van der Waals surface area contributed by atoms with E-state index in [-0.39, 0.29) is 23.7 Å². The quantitative estimate of drug-likeness (QED) is 0.587. The van der Waals surface area contributed by atoms with Crippen LogP contribution >= 0.6 is 0 Å². The van der Waals surface area contributed by atoms with E-state index in [1.54, 1.807) is 11.8 Å². The molecule has 0 spiro atoms. The van der Waals surface area contributed by atoms with Crippen molar-refractivity contribution in [2.24, 2.45) is 0 Å². The summed E-state index contributed by atoms with van der Waals surface area (Å²) < 4.78 is 0. The standard InChI is InChI=1S/C16H23N3O4/c1-4-6-9-18(5-2)15(20)11-17-16(21)13-8-7-12(3)14(10-13)19(22)23/h7-8,10H,4-6,9,11H2,1-3H3,(H,17,21). The van der Waals surface area contributed by atoms with Gasteiger partial charge in [-0.1, -0.05) is 19.4 Å². The van der Waals surface area contributed by atoms with Crippen LogP contribution in [0.4, 0.5) is 5.69 Å². The number of unbranched alkanes of at least 4 members (excludes halogenated alkanes) is 1. The number of nitro groups is 1. The highest BCUT2D eigenvalue weighted by Crippen LogP contribution is 2.19. The zero-order valence-corrected chi connectivity index (χ0v) is 13.8. The number of benzene rings is 1. The molecule has 0 saturated carbocycles. The molecule has 1 N–H and O–H groups in total. The van der Waals surface area contributed by atoms with E-state index in [0.29, 0.717) is 18.7 Å². The van der Waals surface area contributed by atoms with Gasteiger partial charge in [0.15, 0.2) is 0 Å². The average Bonchev–Trinajstić information content (AvgIpc) is 2.53. The number of carbonyl (C=O) groups is 2. The summed E-state index contributed by atoms with van der Waals surface area (Å²) in [6, 6.07) is 4.26. The summed E-state index contributed by atoms with van der Waals surface area (Å²) in [5.41, 5.74) is 0.549. The van der Waals surface area contributed by atoms with Gasteiger partial charge >= 0.3 is 0 Å². The van der Waals surface area contributed by atoms with Crippen molar-refractivity contribution < 1.29 is 14.5 Å². The predicted octanol–water partition coefficient (Wildman–Crippen LogP) is 2.28. The highest BCUT2D eigenvalue weighted by Gasteiger charge is 2.17. The van der Waals surface area contributed by atoms with Crippen LogP contribution in [0.1, 0.15) is 42.6 Å². The van der Waals surface area contributed by atoms with Crippen molar-refractivity contribution >= 4 is 17.5 Å². The summed E-state index contributed by atoms with van der Waals surface area (Å²) in [6.07, 6.45) is 1.90. The van der Waals surface area contributed by atoms with Gasteiger partial charge in [-0.3, -0.25) is 19.7 Å². The molecule has 0 aliphatic heterocycles. The van der Waals surface area contributed by atoms with Crippen molar-refractivity contribution in [1.29, 1.82) is 0 Å². The van der Waals surface area contributed by atoms with Crippen LogP contribution in [-0.4, -0.2) is 41.3 Å². The van der Waals surface area contributed by atoms with Gasteiger partial charge in [0, 0.05) is 30.3 Å². The molecule has 0 aliphatic carbocycles. The van der Waals surface area contributed by atoms with Crippen LogP contribution in [0.15, 0.2) is 18.2 Å². The lowest BCUT2D eigenvalue weighted by Crippen LogP contribution is -2.40. The Morgan fingerprint density at radius 2 is 2.00 bits per heavy atom. The molecule has 0 heterocycles. The second kappa shape index (κ2) is 8.87. The molecular weight excluding hydrogens is 298 g/mol. The van der Waals surface area contributed by atoms with Crippen molar-refractivity contribution in [1.82, 2.24) is 10.2 Å².